The van der Waals surface area contributed by atoms with Crippen LogP contribution < -0.4 is 11.5 Å². The largest absolute Gasteiger partial charge is 0.401 e. The topological polar surface area (TPSA) is 75.9 Å². The average Bonchev–Trinajstić information content (AvgIpc) is 2.13. The van der Waals surface area contributed by atoms with Gasteiger partial charge in [0, 0.05) is 11.7 Å². The van der Waals surface area contributed by atoms with Gasteiger partial charge in [0.15, 0.2) is 0 Å². The Labute approximate surface area is 80.0 Å². The van der Waals surface area contributed by atoms with Crippen LogP contribution in [0.25, 0.3) is 0 Å². The molecule has 0 spiro atoms. The first-order valence-corrected chi connectivity index (χ1v) is 4.55. The lowest BCUT2D eigenvalue weighted by Crippen LogP contribution is -2.27. The summed E-state index contributed by atoms with van der Waals surface area (Å²) in [4.78, 5) is 0. The molecule has 0 fully saturated rings. The van der Waals surface area contributed by atoms with E-state index >= 15 is 0 Å². The van der Waals surface area contributed by atoms with Crippen molar-refractivity contribution in [2.45, 2.75) is 32.2 Å². The molecule has 3 heteroatoms. The first kappa shape index (κ1) is 11.9. The lowest BCUT2D eigenvalue weighted by atomic mass is 10.1. The maximum Gasteiger partial charge on any atom is 0.0551 e. The minimum Gasteiger partial charge on any atom is -0.401 e. The molecule has 1 atom stereocenters. The van der Waals surface area contributed by atoms with Crippen LogP contribution in [-0.4, -0.2) is 11.8 Å². The molecule has 1 unspecified atom stereocenters. The highest BCUT2D eigenvalue weighted by Gasteiger charge is 2.04. The predicted molar refractivity (Wildman–Crippen MR) is 57.7 cm³/mol. The Morgan fingerprint density at radius 2 is 2.23 bits per heavy atom. The number of nitrogens with one attached hydrogen (secondary N) is 1. The van der Waals surface area contributed by atoms with Gasteiger partial charge in [-0.15, -0.1) is 0 Å². The van der Waals surface area contributed by atoms with Crippen molar-refractivity contribution < 1.29 is 0 Å². The summed E-state index contributed by atoms with van der Waals surface area (Å²) < 4.78 is 0. The van der Waals surface area contributed by atoms with Crippen LogP contribution in [0.1, 0.15) is 26.2 Å². The molecule has 0 rings (SSSR count). The van der Waals surface area contributed by atoms with E-state index in [1.54, 1.807) is 6.08 Å². The fourth-order valence-corrected chi connectivity index (χ4v) is 0.936. The van der Waals surface area contributed by atoms with Crippen molar-refractivity contribution in [1.82, 2.24) is 0 Å². The molecule has 0 aliphatic rings. The smallest absolute Gasteiger partial charge is 0.0551 e. The van der Waals surface area contributed by atoms with E-state index in [1.807, 2.05) is 0 Å². The highest BCUT2D eigenvalue weighted by atomic mass is 14.7. The molecule has 0 saturated carbocycles. The molecule has 0 aromatic rings. The van der Waals surface area contributed by atoms with E-state index in [0.717, 1.165) is 19.3 Å². The highest BCUT2D eigenvalue weighted by molar-refractivity contribution is 6.01. The van der Waals surface area contributed by atoms with Crippen molar-refractivity contribution in [3.05, 3.63) is 24.4 Å². The Balaban J connectivity index is 4.07. The summed E-state index contributed by atoms with van der Waals surface area (Å²) in [6.45, 7) is 5.58. The minimum absolute atomic E-state index is 0.125. The molecule has 0 bridgehead atoms. The molecule has 74 valence electrons. The molecule has 13 heavy (non-hydrogen) atoms. The van der Waals surface area contributed by atoms with Crippen LogP contribution in [0.3, 0.4) is 0 Å². The number of hydrogen-bond donors (Lipinski definition) is 3. The SMILES string of the molecule is C=CC(=N)/C=C(\N)C(N)CCCC. The Hall–Kier alpha value is -1.09. The second-order valence-electron chi connectivity index (χ2n) is 3.05. The Bertz CT molecular complexity index is 206. The zero-order valence-electron chi connectivity index (χ0n) is 8.22. The molecule has 0 aliphatic carbocycles. The lowest BCUT2D eigenvalue weighted by molar-refractivity contribution is 0.629. The molecule has 0 aromatic heterocycles. The summed E-state index contributed by atoms with van der Waals surface area (Å²) in [5.74, 6) is 0. The van der Waals surface area contributed by atoms with E-state index in [0.29, 0.717) is 11.4 Å². The zero-order chi connectivity index (χ0) is 10.3. The first-order chi connectivity index (χ1) is 6.11. The normalized spacial score (nSPS) is 13.8. The van der Waals surface area contributed by atoms with Crippen LogP contribution in [0.4, 0.5) is 0 Å². The van der Waals surface area contributed by atoms with E-state index in [2.05, 4.69) is 13.5 Å². The summed E-state index contributed by atoms with van der Waals surface area (Å²) in [5, 5.41) is 7.31. The van der Waals surface area contributed by atoms with E-state index in [1.165, 1.54) is 6.08 Å². The van der Waals surface area contributed by atoms with Gasteiger partial charge in [-0.05, 0) is 18.6 Å². The summed E-state index contributed by atoms with van der Waals surface area (Å²) in [7, 11) is 0. The molecule has 0 aliphatic heterocycles. The fourth-order valence-electron chi connectivity index (χ4n) is 0.936. The van der Waals surface area contributed by atoms with Gasteiger partial charge in [-0.25, -0.2) is 0 Å². The van der Waals surface area contributed by atoms with Crippen LogP contribution in [0.5, 0.6) is 0 Å². The van der Waals surface area contributed by atoms with Gasteiger partial charge in [-0.2, -0.15) is 0 Å². The summed E-state index contributed by atoms with van der Waals surface area (Å²) in [6, 6.07) is -0.125. The van der Waals surface area contributed by atoms with Crippen LogP contribution >= 0.6 is 0 Å². The summed E-state index contributed by atoms with van der Waals surface area (Å²) in [5.41, 5.74) is 12.3. The average molecular weight is 181 g/mol. The second-order valence-corrected chi connectivity index (χ2v) is 3.05. The summed E-state index contributed by atoms with van der Waals surface area (Å²) in [6.07, 6.45) is 6.06. The van der Waals surface area contributed by atoms with Crippen molar-refractivity contribution in [2.24, 2.45) is 11.5 Å². The van der Waals surface area contributed by atoms with E-state index in [-0.39, 0.29) is 6.04 Å². The van der Waals surface area contributed by atoms with Gasteiger partial charge in [0.25, 0.3) is 0 Å². The number of hydrogen-bond acceptors (Lipinski definition) is 3. The van der Waals surface area contributed by atoms with Gasteiger partial charge in [0.05, 0.1) is 5.71 Å². The van der Waals surface area contributed by atoms with Gasteiger partial charge < -0.3 is 16.9 Å². The van der Waals surface area contributed by atoms with E-state index in [4.69, 9.17) is 16.9 Å². The number of allylic oxidation sites excluding steroid dienone is 2. The number of rotatable bonds is 6. The van der Waals surface area contributed by atoms with Crippen LogP contribution in [0.2, 0.25) is 0 Å². The Morgan fingerprint density at radius 1 is 1.62 bits per heavy atom. The fraction of sp³-hybridized carbons (Fsp3) is 0.500. The number of nitrogens with two attached hydrogens (primary N) is 2. The second kappa shape index (κ2) is 6.43. The maximum absolute atomic E-state index is 7.31. The van der Waals surface area contributed by atoms with Crippen LogP contribution in [-0.2, 0) is 0 Å². The molecule has 0 radical (unpaired) electrons. The Morgan fingerprint density at radius 3 is 2.69 bits per heavy atom. The zero-order valence-corrected chi connectivity index (χ0v) is 8.22. The monoisotopic (exact) mass is 181 g/mol. The highest BCUT2D eigenvalue weighted by Crippen LogP contribution is 2.03. The lowest BCUT2D eigenvalue weighted by Gasteiger charge is -2.10. The summed E-state index contributed by atoms with van der Waals surface area (Å²) >= 11 is 0. The Kier molecular flexibility index (Phi) is 5.89. The minimum atomic E-state index is -0.125. The molecule has 3 nitrogen and oxygen atoms in total. The molecule has 0 aromatic carbocycles. The maximum atomic E-state index is 7.31. The van der Waals surface area contributed by atoms with Crippen molar-refractivity contribution in [3.8, 4) is 0 Å². The third-order valence-corrected chi connectivity index (χ3v) is 1.84. The van der Waals surface area contributed by atoms with Crippen LogP contribution in [0.15, 0.2) is 24.4 Å². The predicted octanol–water partition coefficient (Wildman–Crippen LogP) is 1.55. The first-order valence-electron chi connectivity index (χ1n) is 4.55. The molecule has 0 heterocycles. The van der Waals surface area contributed by atoms with E-state index in [9.17, 15) is 0 Å². The number of unbranched alkanes of at least 4 members (excludes halogenated alkanes) is 1. The van der Waals surface area contributed by atoms with Crippen LogP contribution in [0, 0.1) is 5.41 Å². The van der Waals surface area contributed by atoms with Gasteiger partial charge in [-0.3, -0.25) is 0 Å². The standard InChI is InChI=1S/C10H19N3/c1-3-5-6-9(12)10(13)7-8(11)4-2/h4,7,9,11H,2-3,5-6,12-13H2,1H3/b10-7-,11-8?. The van der Waals surface area contributed by atoms with Crippen molar-refractivity contribution in [1.29, 1.82) is 5.41 Å². The molecular weight excluding hydrogens is 162 g/mol. The third-order valence-electron chi connectivity index (χ3n) is 1.84. The van der Waals surface area contributed by atoms with Crippen molar-refractivity contribution in [2.75, 3.05) is 0 Å². The molecule has 0 amide bonds. The van der Waals surface area contributed by atoms with Crippen molar-refractivity contribution >= 4 is 5.71 Å². The van der Waals surface area contributed by atoms with Gasteiger partial charge >= 0.3 is 0 Å². The van der Waals surface area contributed by atoms with Gasteiger partial charge in [0.2, 0.25) is 0 Å². The molecule has 5 N–H and O–H groups in total. The molecule has 0 saturated heterocycles. The van der Waals surface area contributed by atoms with Gasteiger partial charge in [-0.1, -0.05) is 26.3 Å². The molecular formula is C10H19N3. The third kappa shape index (κ3) is 5.20. The van der Waals surface area contributed by atoms with E-state index < -0.39 is 0 Å². The van der Waals surface area contributed by atoms with Gasteiger partial charge in [0.1, 0.15) is 0 Å². The van der Waals surface area contributed by atoms with Crippen molar-refractivity contribution in [3.63, 3.8) is 0 Å². The quantitative estimate of drug-likeness (QED) is 0.544.